The Balaban J connectivity index is 2.02. The quantitative estimate of drug-likeness (QED) is 0.709. The molecule has 0 radical (unpaired) electrons. The summed E-state index contributed by atoms with van der Waals surface area (Å²) < 4.78 is 0. The van der Waals surface area contributed by atoms with Crippen LogP contribution >= 0.6 is 11.6 Å². The summed E-state index contributed by atoms with van der Waals surface area (Å²) >= 11 is 6.31. The molecule has 4 rings (SSSR count). The summed E-state index contributed by atoms with van der Waals surface area (Å²) in [4.78, 5) is 19.8. The molecule has 2 aromatic carbocycles. The second-order valence-corrected chi connectivity index (χ2v) is 5.52. The lowest BCUT2D eigenvalue weighted by molar-refractivity contribution is -0.114. The van der Waals surface area contributed by atoms with Gasteiger partial charge in [0.1, 0.15) is 6.54 Å². The standard InChI is InChI=1S/C17H12ClN3O/c18-12-7-3-1-5-10(12)15-17-16(21-14(22)9-19-15)11-6-2-4-8-13(11)20-17/h1-8,20H,9H2,(H,21,22). The number of aliphatic imine (C=N–C) groups is 1. The molecule has 0 spiro atoms. The smallest absolute Gasteiger partial charge is 0.246 e. The molecule has 2 heterocycles. The van der Waals surface area contributed by atoms with Crippen LogP contribution in [0, 0.1) is 0 Å². The number of carbonyl (C=O) groups excluding carboxylic acids is 1. The van der Waals surface area contributed by atoms with E-state index in [1.165, 1.54) is 0 Å². The highest BCUT2D eigenvalue weighted by atomic mass is 35.5. The highest BCUT2D eigenvalue weighted by molar-refractivity contribution is 6.36. The van der Waals surface area contributed by atoms with Crippen molar-refractivity contribution in [3.8, 4) is 0 Å². The predicted molar refractivity (Wildman–Crippen MR) is 88.9 cm³/mol. The molecule has 1 amide bonds. The minimum atomic E-state index is -0.131. The number of nitrogens with zero attached hydrogens (tertiary/aromatic N) is 1. The summed E-state index contributed by atoms with van der Waals surface area (Å²) in [5.74, 6) is -0.131. The maximum atomic E-state index is 12.0. The topological polar surface area (TPSA) is 57.2 Å². The third-order valence-corrected chi connectivity index (χ3v) is 4.05. The number of benzene rings is 2. The van der Waals surface area contributed by atoms with E-state index in [9.17, 15) is 4.79 Å². The Kier molecular flexibility index (Phi) is 2.98. The molecule has 4 nitrogen and oxygen atoms in total. The summed E-state index contributed by atoms with van der Waals surface area (Å²) in [6.07, 6.45) is 0. The Labute approximate surface area is 131 Å². The van der Waals surface area contributed by atoms with E-state index < -0.39 is 0 Å². The van der Waals surface area contributed by atoms with E-state index in [0.29, 0.717) is 10.7 Å². The van der Waals surface area contributed by atoms with Gasteiger partial charge in [0.15, 0.2) is 0 Å². The predicted octanol–water partition coefficient (Wildman–Crippen LogP) is 3.61. The number of aromatic amines is 1. The fourth-order valence-corrected chi connectivity index (χ4v) is 2.96. The summed E-state index contributed by atoms with van der Waals surface area (Å²) in [6.45, 7) is 0.0808. The molecule has 108 valence electrons. The second kappa shape index (κ2) is 5.00. The Morgan fingerprint density at radius 3 is 2.68 bits per heavy atom. The Bertz CT molecular complexity index is 927. The largest absolute Gasteiger partial charge is 0.351 e. The van der Waals surface area contributed by atoms with Crippen molar-refractivity contribution < 1.29 is 4.79 Å². The van der Waals surface area contributed by atoms with Crippen LogP contribution in [0.2, 0.25) is 5.02 Å². The molecule has 3 aromatic rings. The van der Waals surface area contributed by atoms with Crippen molar-refractivity contribution in [3.05, 3.63) is 64.8 Å². The minimum Gasteiger partial charge on any atom is -0.351 e. The number of para-hydroxylation sites is 1. The van der Waals surface area contributed by atoms with Gasteiger partial charge in [0, 0.05) is 16.5 Å². The van der Waals surface area contributed by atoms with Gasteiger partial charge in [-0.2, -0.15) is 0 Å². The van der Waals surface area contributed by atoms with Crippen molar-refractivity contribution in [2.24, 2.45) is 4.99 Å². The highest BCUT2D eigenvalue weighted by Gasteiger charge is 2.23. The maximum absolute atomic E-state index is 12.0. The Morgan fingerprint density at radius 2 is 1.82 bits per heavy atom. The van der Waals surface area contributed by atoms with Crippen LogP contribution in [0.4, 0.5) is 5.69 Å². The van der Waals surface area contributed by atoms with Crippen molar-refractivity contribution in [3.63, 3.8) is 0 Å². The first kappa shape index (κ1) is 13.1. The lowest BCUT2D eigenvalue weighted by Gasteiger charge is -2.07. The van der Waals surface area contributed by atoms with Gasteiger partial charge in [0.05, 0.1) is 22.1 Å². The highest BCUT2D eigenvalue weighted by Crippen LogP contribution is 2.32. The van der Waals surface area contributed by atoms with Gasteiger partial charge in [0.25, 0.3) is 0 Å². The van der Waals surface area contributed by atoms with Gasteiger partial charge < -0.3 is 10.3 Å². The van der Waals surface area contributed by atoms with Crippen LogP contribution in [0.25, 0.3) is 10.9 Å². The van der Waals surface area contributed by atoms with Gasteiger partial charge in [-0.3, -0.25) is 9.79 Å². The molecule has 0 bridgehead atoms. The average Bonchev–Trinajstić information content (AvgIpc) is 2.79. The zero-order chi connectivity index (χ0) is 15.1. The van der Waals surface area contributed by atoms with Gasteiger partial charge in [-0.15, -0.1) is 0 Å². The number of fused-ring (bicyclic) bond motifs is 3. The van der Waals surface area contributed by atoms with E-state index >= 15 is 0 Å². The van der Waals surface area contributed by atoms with Crippen LogP contribution in [0.3, 0.4) is 0 Å². The summed E-state index contributed by atoms with van der Waals surface area (Å²) in [6, 6.07) is 15.4. The molecule has 0 atom stereocenters. The minimum absolute atomic E-state index is 0.0808. The van der Waals surface area contributed by atoms with Crippen LogP contribution < -0.4 is 5.32 Å². The number of amides is 1. The van der Waals surface area contributed by atoms with Gasteiger partial charge in [0.2, 0.25) is 5.91 Å². The lowest BCUT2D eigenvalue weighted by Crippen LogP contribution is -2.13. The van der Waals surface area contributed by atoms with Crippen LogP contribution in [0.15, 0.2) is 53.5 Å². The van der Waals surface area contributed by atoms with Gasteiger partial charge >= 0.3 is 0 Å². The van der Waals surface area contributed by atoms with Gasteiger partial charge in [-0.05, 0) is 12.1 Å². The molecule has 2 N–H and O–H groups in total. The zero-order valence-electron chi connectivity index (χ0n) is 11.6. The van der Waals surface area contributed by atoms with Crippen LogP contribution in [0.1, 0.15) is 11.3 Å². The number of H-pyrrole nitrogens is 1. The van der Waals surface area contributed by atoms with Crippen LogP contribution in [-0.2, 0) is 4.79 Å². The summed E-state index contributed by atoms with van der Waals surface area (Å²) in [7, 11) is 0. The van der Waals surface area contributed by atoms with Crippen LogP contribution in [0.5, 0.6) is 0 Å². The van der Waals surface area contributed by atoms with E-state index in [1.807, 2.05) is 48.5 Å². The first-order valence-corrected chi connectivity index (χ1v) is 7.32. The van der Waals surface area contributed by atoms with Gasteiger partial charge in [-0.1, -0.05) is 48.0 Å². The Hall–Kier alpha value is -2.59. The zero-order valence-corrected chi connectivity index (χ0v) is 12.3. The third kappa shape index (κ3) is 2.00. The fraction of sp³-hybridized carbons (Fsp3) is 0.0588. The monoisotopic (exact) mass is 309 g/mol. The number of carbonyl (C=O) groups is 1. The van der Waals surface area contributed by atoms with Crippen LogP contribution in [-0.4, -0.2) is 23.1 Å². The normalized spacial score (nSPS) is 14.2. The van der Waals surface area contributed by atoms with Crippen molar-refractivity contribution in [1.29, 1.82) is 0 Å². The molecule has 0 unspecified atom stereocenters. The molecular formula is C17H12ClN3O. The molecule has 1 aromatic heterocycles. The number of hydrogen-bond donors (Lipinski definition) is 2. The second-order valence-electron chi connectivity index (χ2n) is 5.11. The number of hydrogen-bond acceptors (Lipinski definition) is 2. The number of rotatable bonds is 1. The molecule has 0 aliphatic carbocycles. The maximum Gasteiger partial charge on any atom is 0.246 e. The average molecular weight is 310 g/mol. The fourth-order valence-electron chi connectivity index (χ4n) is 2.73. The molecule has 0 fully saturated rings. The van der Waals surface area contributed by atoms with Crippen molar-refractivity contribution in [2.75, 3.05) is 11.9 Å². The van der Waals surface area contributed by atoms with E-state index in [1.54, 1.807) is 0 Å². The SMILES string of the molecule is O=C1CN=C(c2ccccc2Cl)c2[nH]c3ccccc3c2N1. The van der Waals surface area contributed by atoms with E-state index in [2.05, 4.69) is 15.3 Å². The van der Waals surface area contributed by atoms with E-state index in [4.69, 9.17) is 11.6 Å². The summed E-state index contributed by atoms with van der Waals surface area (Å²) in [5.41, 5.74) is 4.02. The molecule has 1 aliphatic heterocycles. The molecule has 1 aliphatic rings. The van der Waals surface area contributed by atoms with Crippen molar-refractivity contribution >= 4 is 39.8 Å². The number of nitrogens with one attached hydrogen (secondary N) is 2. The van der Waals surface area contributed by atoms with Crippen molar-refractivity contribution in [2.45, 2.75) is 0 Å². The lowest BCUT2D eigenvalue weighted by atomic mass is 10.1. The molecule has 5 heteroatoms. The third-order valence-electron chi connectivity index (χ3n) is 3.72. The first-order chi connectivity index (χ1) is 10.7. The molecule has 0 saturated carbocycles. The number of anilines is 1. The van der Waals surface area contributed by atoms with E-state index in [-0.39, 0.29) is 12.5 Å². The molecular weight excluding hydrogens is 298 g/mol. The number of aromatic nitrogens is 1. The van der Waals surface area contributed by atoms with E-state index in [0.717, 1.165) is 27.8 Å². The van der Waals surface area contributed by atoms with Gasteiger partial charge in [-0.25, -0.2) is 0 Å². The molecule has 22 heavy (non-hydrogen) atoms. The number of halogens is 1. The summed E-state index contributed by atoms with van der Waals surface area (Å²) in [5, 5.41) is 4.51. The first-order valence-electron chi connectivity index (χ1n) is 6.94. The molecule has 0 saturated heterocycles. The Morgan fingerprint density at radius 1 is 1.05 bits per heavy atom. The van der Waals surface area contributed by atoms with Crippen molar-refractivity contribution in [1.82, 2.24) is 4.98 Å².